The molecule has 0 unspecified atom stereocenters. The summed E-state index contributed by atoms with van der Waals surface area (Å²) in [5.74, 6) is 0.302. The van der Waals surface area contributed by atoms with Gasteiger partial charge in [0.25, 0.3) is 0 Å². The van der Waals surface area contributed by atoms with E-state index in [4.69, 9.17) is 9.47 Å². The molecule has 0 aliphatic carbocycles. The fourth-order valence-electron chi connectivity index (χ4n) is 4.08. The summed E-state index contributed by atoms with van der Waals surface area (Å²) in [5, 5.41) is 3.64. The smallest absolute Gasteiger partial charge is 0.326 e. The van der Waals surface area contributed by atoms with Gasteiger partial charge >= 0.3 is 5.97 Å². The Hall–Kier alpha value is -3.89. The van der Waals surface area contributed by atoms with Crippen LogP contribution in [0.5, 0.6) is 5.75 Å². The maximum atomic E-state index is 12.9. The van der Waals surface area contributed by atoms with Crippen molar-refractivity contribution in [2.24, 2.45) is 0 Å². The summed E-state index contributed by atoms with van der Waals surface area (Å²) in [4.78, 5) is 12.9. The van der Waals surface area contributed by atoms with Gasteiger partial charge in [0, 0.05) is 0 Å². The van der Waals surface area contributed by atoms with E-state index in [0.29, 0.717) is 5.75 Å². The van der Waals surface area contributed by atoms with Gasteiger partial charge in [-0.05, 0) is 28.8 Å². The lowest BCUT2D eigenvalue weighted by molar-refractivity contribution is -0.144. The number of methoxy groups -OCH3 is 1. The third-order valence-electron chi connectivity index (χ3n) is 5.66. The van der Waals surface area contributed by atoms with Gasteiger partial charge in [0.05, 0.1) is 12.6 Å². The monoisotopic (exact) mass is 437 g/mol. The van der Waals surface area contributed by atoms with E-state index in [1.807, 2.05) is 84.9 Å². The predicted molar refractivity (Wildman–Crippen MR) is 130 cm³/mol. The van der Waals surface area contributed by atoms with Gasteiger partial charge in [0.15, 0.2) is 0 Å². The number of ether oxygens (including phenoxy) is 2. The average molecular weight is 438 g/mol. The van der Waals surface area contributed by atoms with Crippen LogP contribution in [0.3, 0.4) is 0 Å². The zero-order valence-electron chi connectivity index (χ0n) is 18.6. The molecule has 0 aliphatic heterocycles. The lowest BCUT2D eigenvalue weighted by Gasteiger charge is -2.39. The molecule has 0 saturated heterocycles. The van der Waals surface area contributed by atoms with E-state index in [1.54, 1.807) is 0 Å². The van der Waals surface area contributed by atoms with Crippen LogP contribution in [0.1, 0.15) is 16.7 Å². The molecule has 4 aromatic rings. The summed E-state index contributed by atoms with van der Waals surface area (Å²) in [6.45, 7) is 0.116. The zero-order valence-corrected chi connectivity index (χ0v) is 18.6. The summed E-state index contributed by atoms with van der Waals surface area (Å²) in [6, 6.07) is 39.1. The zero-order chi connectivity index (χ0) is 22.9. The molecule has 0 heterocycles. The average Bonchev–Trinajstić information content (AvgIpc) is 2.91. The number of esters is 1. The summed E-state index contributed by atoms with van der Waals surface area (Å²) < 4.78 is 11.2. The van der Waals surface area contributed by atoms with Crippen LogP contribution in [-0.2, 0) is 15.1 Å². The number of carbonyl (C=O) groups excluding carboxylic acids is 1. The van der Waals surface area contributed by atoms with E-state index in [-0.39, 0.29) is 6.61 Å². The molecule has 4 aromatic carbocycles. The molecule has 4 heteroatoms. The molecule has 0 aromatic heterocycles. The van der Waals surface area contributed by atoms with Gasteiger partial charge in [-0.15, -0.1) is 0 Å². The van der Waals surface area contributed by atoms with Crippen molar-refractivity contribution in [2.75, 3.05) is 13.7 Å². The number of hydrogen-bond donors (Lipinski definition) is 1. The van der Waals surface area contributed by atoms with E-state index >= 15 is 0 Å². The largest absolute Gasteiger partial charge is 0.491 e. The Bertz CT molecular complexity index is 1040. The highest BCUT2D eigenvalue weighted by molar-refractivity contribution is 5.76. The lowest BCUT2D eigenvalue weighted by Crippen LogP contribution is -2.55. The van der Waals surface area contributed by atoms with Crippen molar-refractivity contribution in [1.82, 2.24) is 5.32 Å². The van der Waals surface area contributed by atoms with Crippen LogP contribution in [-0.4, -0.2) is 25.7 Å². The van der Waals surface area contributed by atoms with E-state index in [0.717, 1.165) is 16.7 Å². The molecule has 0 fully saturated rings. The fraction of sp³-hybridized carbons (Fsp3) is 0.138. The second-order valence-corrected chi connectivity index (χ2v) is 7.69. The second kappa shape index (κ2) is 10.6. The quantitative estimate of drug-likeness (QED) is 0.289. The van der Waals surface area contributed by atoms with Gasteiger partial charge in [0.1, 0.15) is 18.4 Å². The van der Waals surface area contributed by atoms with Crippen molar-refractivity contribution in [3.63, 3.8) is 0 Å². The van der Waals surface area contributed by atoms with E-state index in [2.05, 4.69) is 41.7 Å². The summed E-state index contributed by atoms with van der Waals surface area (Å²) in [5.41, 5.74) is 2.23. The maximum absolute atomic E-state index is 12.9. The first-order valence-electron chi connectivity index (χ1n) is 10.9. The Kier molecular flexibility index (Phi) is 7.18. The minimum Gasteiger partial charge on any atom is -0.491 e. The van der Waals surface area contributed by atoms with Gasteiger partial charge in [0.2, 0.25) is 0 Å². The Labute approximate surface area is 194 Å². The van der Waals surface area contributed by atoms with Gasteiger partial charge < -0.3 is 9.47 Å². The third-order valence-corrected chi connectivity index (χ3v) is 5.66. The standard InChI is InChI=1S/C29H27NO3/c1-32-28(31)27(22-33-26-20-12-5-13-21-26)30-29(23-14-6-2-7-15-23,24-16-8-3-9-17-24)25-18-10-4-11-19-25/h2-21,27,30H,22H2,1H3/t27-/m0/s1. The van der Waals surface area contributed by atoms with Crippen LogP contribution >= 0.6 is 0 Å². The van der Waals surface area contributed by atoms with E-state index in [1.165, 1.54) is 7.11 Å². The number of hydrogen-bond acceptors (Lipinski definition) is 4. The Morgan fingerprint density at radius 2 is 1.09 bits per heavy atom. The van der Waals surface area contributed by atoms with Crippen molar-refractivity contribution < 1.29 is 14.3 Å². The van der Waals surface area contributed by atoms with Crippen LogP contribution < -0.4 is 10.1 Å². The molecule has 4 rings (SSSR count). The van der Waals surface area contributed by atoms with Crippen molar-refractivity contribution in [3.8, 4) is 5.75 Å². The Morgan fingerprint density at radius 3 is 1.48 bits per heavy atom. The molecule has 1 atom stereocenters. The maximum Gasteiger partial charge on any atom is 0.326 e. The molecule has 0 radical (unpaired) electrons. The van der Waals surface area contributed by atoms with E-state index < -0.39 is 17.6 Å². The number of rotatable bonds is 9. The molecular weight excluding hydrogens is 410 g/mol. The van der Waals surface area contributed by atoms with Gasteiger partial charge in [-0.25, -0.2) is 0 Å². The first-order valence-corrected chi connectivity index (χ1v) is 10.9. The van der Waals surface area contributed by atoms with Crippen LogP contribution in [0.15, 0.2) is 121 Å². The number of para-hydroxylation sites is 1. The van der Waals surface area contributed by atoms with E-state index in [9.17, 15) is 4.79 Å². The molecule has 4 nitrogen and oxygen atoms in total. The number of nitrogens with one attached hydrogen (secondary N) is 1. The number of carbonyl (C=O) groups is 1. The Balaban J connectivity index is 1.83. The van der Waals surface area contributed by atoms with Crippen molar-refractivity contribution in [1.29, 1.82) is 0 Å². The predicted octanol–water partition coefficient (Wildman–Crippen LogP) is 5.19. The minimum atomic E-state index is -0.803. The fourth-order valence-corrected chi connectivity index (χ4v) is 4.08. The highest BCUT2D eigenvalue weighted by atomic mass is 16.5. The normalized spacial score (nSPS) is 12.0. The first-order chi connectivity index (χ1) is 16.2. The van der Waals surface area contributed by atoms with Crippen LogP contribution in [0.25, 0.3) is 0 Å². The van der Waals surface area contributed by atoms with Crippen molar-refractivity contribution in [2.45, 2.75) is 11.6 Å². The molecular formula is C29H27NO3. The minimum absolute atomic E-state index is 0.116. The summed E-state index contributed by atoms with van der Waals surface area (Å²) >= 11 is 0. The number of benzene rings is 4. The SMILES string of the molecule is COC(=O)[C@H](COc1ccccc1)NC(c1ccccc1)(c1ccccc1)c1ccccc1. The highest BCUT2D eigenvalue weighted by Crippen LogP contribution is 2.37. The third kappa shape index (κ3) is 4.97. The highest BCUT2D eigenvalue weighted by Gasteiger charge is 2.40. The van der Waals surface area contributed by atoms with Gasteiger partial charge in [-0.1, -0.05) is 109 Å². The lowest BCUT2D eigenvalue weighted by atomic mass is 9.76. The summed E-state index contributed by atoms with van der Waals surface area (Å²) in [7, 11) is 1.40. The van der Waals surface area contributed by atoms with Crippen LogP contribution in [0, 0.1) is 0 Å². The van der Waals surface area contributed by atoms with Gasteiger partial charge in [-0.3, -0.25) is 10.1 Å². The Morgan fingerprint density at radius 1 is 0.697 bits per heavy atom. The molecule has 33 heavy (non-hydrogen) atoms. The molecule has 166 valence electrons. The van der Waals surface area contributed by atoms with Crippen molar-refractivity contribution >= 4 is 5.97 Å². The van der Waals surface area contributed by atoms with Crippen molar-refractivity contribution in [3.05, 3.63) is 138 Å². The molecule has 0 amide bonds. The molecule has 0 spiro atoms. The molecule has 0 bridgehead atoms. The molecule has 0 aliphatic rings. The molecule has 0 saturated carbocycles. The summed E-state index contributed by atoms with van der Waals surface area (Å²) in [6.07, 6.45) is 0. The van der Waals surface area contributed by atoms with Crippen LogP contribution in [0.2, 0.25) is 0 Å². The first kappa shape index (κ1) is 22.3. The second-order valence-electron chi connectivity index (χ2n) is 7.69. The topological polar surface area (TPSA) is 47.6 Å². The molecule has 1 N–H and O–H groups in total. The van der Waals surface area contributed by atoms with Gasteiger partial charge in [-0.2, -0.15) is 0 Å². The van der Waals surface area contributed by atoms with Crippen LogP contribution in [0.4, 0.5) is 0 Å².